The molecule has 2 aromatic rings. The van der Waals surface area contributed by atoms with Crippen LogP contribution in [0.5, 0.6) is 5.75 Å². The summed E-state index contributed by atoms with van der Waals surface area (Å²) in [5.74, 6) is 0.362. The number of benzene rings is 1. The van der Waals surface area contributed by atoms with Gasteiger partial charge in [-0.05, 0) is 60.9 Å². The van der Waals surface area contributed by atoms with Crippen molar-refractivity contribution in [2.45, 2.75) is 44.7 Å². The lowest BCUT2D eigenvalue weighted by Gasteiger charge is -2.36. The number of hydrogen-bond donors (Lipinski definition) is 1. The molecule has 0 fully saturated rings. The topological polar surface area (TPSA) is 41.6 Å². The van der Waals surface area contributed by atoms with Crippen LogP contribution in [0.1, 0.15) is 54.3 Å². The Hall–Kier alpha value is -2.08. The molecule has 2 aliphatic heterocycles. The fourth-order valence-electron chi connectivity index (χ4n) is 4.01. The van der Waals surface area contributed by atoms with E-state index in [0.29, 0.717) is 12.4 Å². The molecule has 0 aliphatic carbocycles. The number of nitrogens with zero attached hydrogens (tertiary/aromatic N) is 1. The molecule has 0 saturated heterocycles. The molecule has 1 aromatic carbocycles. The Kier molecular flexibility index (Phi) is 4.85. The number of carbonyl (C=O) groups excluding carboxylic acids is 1. The third-order valence-corrected chi connectivity index (χ3v) is 6.28. The van der Waals surface area contributed by atoms with E-state index in [9.17, 15) is 9.18 Å². The normalized spacial score (nSPS) is 22.0. The van der Waals surface area contributed by atoms with E-state index >= 15 is 0 Å². The summed E-state index contributed by atoms with van der Waals surface area (Å²) in [7, 11) is 0. The molecule has 2 aliphatic rings. The van der Waals surface area contributed by atoms with E-state index in [4.69, 9.17) is 4.74 Å². The number of nitrogens with one attached hydrogen (secondary N) is 1. The van der Waals surface area contributed by atoms with Crippen LogP contribution in [0.25, 0.3) is 0 Å². The van der Waals surface area contributed by atoms with Crippen LogP contribution < -0.4 is 10.1 Å². The molecule has 0 unspecified atom stereocenters. The van der Waals surface area contributed by atoms with Gasteiger partial charge in [-0.2, -0.15) is 0 Å². The quantitative estimate of drug-likeness (QED) is 0.819. The molecule has 6 heteroatoms. The number of fused-ring (bicyclic) bond motifs is 2. The monoisotopic (exact) mass is 374 g/mol. The second-order valence-corrected chi connectivity index (χ2v) is 7.84. The van der Waals surface area contributed by atoms with E-state index in [1.54, 1.807) is 17.4 Å². The molecule has 2 amide bonds. The second-order valence-electron chi connectivity index (χ2n) is 6.84. The summed E-state index contributed by atoms with van der Waals surface area (Å²) in [4.78, 5) is 16.4. The maximum Gasteiger partial charge on any atom is 0.318 e. The molecule has 26 heavy (non-hydrogen) atoms. The average molecular weight is 374 g/mol. The molecule has 4 rings (SSSR count). The zero-order chi connectivity index (χ0) is 18.1. The molecular weight excluding hydrogens is 351 g/mol. The van der Waals surface area contributed by atoms with Crippen LogP contribution in [-0.4, -0.2) is 24.1 Å². The Labute approximate surface area is 157 Å². The van der Waals surface area contributed by atoms with Gasteiger partial charge in [0.25, 0.3) is 0 Å². The third kappa shape index (κ3) is 3.18. The molecule has 0 radical (unpaired) electrons. The van der Waals surface area contributed by atoms with Crippen molar-refractivity contribution in [3.63, 3.8) is 0 Å². The molecule has 4 nitrogen and oxygen atoms in total. The van der Waals surface area contributed by atoms with Crippen molar-refractivity contribution in [3.8, 4) is 5.75 Å². The summed E-state index contributed by atoms with van der Waals surface area (Å²) in [6, 6.07) is 6.49. The second kappa shape index (κ2) is 7.27. The number of urea groups is 1. The Balaban J connectivity index is 1.56. The number of halogens is 1. The SMILES string of the molecule is CC[C@@H]1c2ccsc2CCN1C(=O)N[C@H]1CCCOc2ccc(F)cc21. The van der Waals surface area contributed by atoms with Gasteiger partial charge in [-0.25, -0.2) is 9.18 Å². The number of amides is 2. The highest BCUT2D eigenvalue weighted by molar-refractivity contribution is 7.10. The molecule has 0 bridgehead atoms. The lowest BCUT2D eigenvalue weighted by atomic mass is 9.98. The van der Waals surface area contributed by atoms with Crippen LogP contribution in [0.3, 0.4) is 0 Å². The van der Waals surface area contributed by atoms with Crippen LogP contribution in [0.15, 0.2) is 29.6 Å². The van der Waals surface area contributed by atoms with Crippen LogP contribution in [-0.2, 0) is 6.42 Å². The third-order valence-electron chi connectivity index (χ3n) is 5.28. The number of carbonyl (C=O) groups is 1. The molecule has 1 N–H and O–H groups in total. The number of thiophene rings is 1. The fourth-order valence-corrected chi connectivity index (χ4v) is 4.94. The average Bonchev–Trinajstić information content (AvgIpc) is 3.04. The summed E-state index contributed by atoms with van der Waals surface area (Å²) in [6.45, 7) is 3.42. The van der Waals surface area contributed by atoms with E-state index in [2.05, 4.69) is 23.7 Å². The Morgan fingerprint density at radius 3 is 3.12 bits per heavy atom. The zero-order valence-corrected chi connectivity index (χ0v) is 15.7. The van der Waals surface area contributed by atoms with Crippen LogP contribution >= 0.6 is 11.3 Å². The van der Waals surface area contributed by atoms with Gasteiger partial charge in [0.15, 0.2) is 0 Å². The van der Waals surface area contributed by atoms with Crippen molar-refractivity contribution in [1.82, 2.24) is 10.2 Å². The van der Waals surface area contributed by atoms with Crippen molar-refractivity contribution in [3.05, 3.63) is 51.5 Å². The minimum Gasteiger partial charge on any atom is -0.493 e. The summed E-state index contributed by atoms with van der Waals surface area (Å²) < 4.78 is 19.5. The first-order valence-corrected chi connectivity index (χ1v) is 10.1. The maximum atomic E-state index is 13.8. The van der Waals surface area contributed by atoms with Crippen molar-refractivity contribution < 1.29 is 13.9 Å². The van der Waals surface area contributed by atoms with Crippen molar-refractivity contribution in [2.24, 2.45) is 0 Å². The zero-order valence-electron chi connectivity index (χ0n) is 14.8. The minimum absolute atomic E-state index is 0.0733. The van der Waals surface area contributed by atoms with E-state index in [1.165, 1.54) is 22.6 Å². The standard InChI is InChI=1S/C20H23FN2O2S/c1-2-17-14-8-11-26-19(14)7-9-23(17)20(24)22-16-4-3-10-25-18-6-5-13(21)12-15(16)18/h5-6,8,11-12,16-17H,2-4,7,9-10H2,1H3,(H,22,24)/t16-,17+/m0/s1. The van der Waals surface area contributed by atoms with Crippen LogP contribution in [0, 0.1) is 5.82 Å². The molecular formula is C20H23FN2O2S. The Morgan fingerprint density at radius 2 is 2.27 bits per heavy atom. The van der Waals surface area contributed by atoms with Gasteiger partial charge in [-0.1, -0.05) is 6.92 Å². The van der Waals surface area contributed by atoms with Gasteiger partial charge in [-0.15, -0.1) is 11.3 Å². The molecule has 3 heterocycles. The van der Waals surface area contributed by atoms with Gasteiger partial charge in [-0.3, -0.25) is 0 Å². The van der Waals surface area contributed by atoms with E-state index < -0.39 is 0 Å². The summed E-state index contributed by atoms with van der Waals surface area (Å²) in [5.41, 5.74) is 2.01. The van der Waals surface area contributed by atoms with E-state index in [0.717, 1.165) is 37.8 Å². The number of ether oxygens (including phenoxy) is 1. The van der Waals surface area contributed by atoms with Crippen molar-refractivity contribution in [1.29, 1.82) is 0 Å². The van der Waals surface area contributed by atoms with Gasteiger partial charge >= 0.3 is 6.03 Å². The van der Waals surface area contributed by atoms with E-state index in [1.807, 2.05) is 4.90 Å². The number of rotatable bonds is 2. The highest BCUT2D eigenvalue weighted by Gasteiger charge is 2.32. The smallest absolute Gasteiger partial charge is 0.318 e. The van der Waals surface area contributed by atoms with Gasteiger partial charge in [0, 0.05) is 17.0 Å². The summed E-state index contributed by atoms with van der Waals surface area (Å²) in [6.07, 6.45) is 3.36. The van der Waals surface area contributed by atoms with Gasteiger partial charge in [0.1, 0.15) is 11.6 Å². The Bertz CT molecular complexity index is 807. The summed E-state index contributed by atoms with van der Waals surface area (Å²) >= 11 is 1.77. The first-order chi connectivity index (χ1) is 12.7. The first kappa shape index (κ1) is 17.3. The van der Waals surface area contributed by atoms with Crippen molar-refractivity contribution in [2.75, 3.05) is 13.2 Å². The predicted octanol–water partition coefficient (Wildman–Crippen LogP) is 4.82. The largest absolute Gasteiger partial charge is 0.493 e. The Morgan fingerprint density at radius 1 is 1.38 bits per heavy atom. The molecule has 0 saturated carbocycles. The van der Waals surface area contributed by atoms with Gasteiger partial charge in [0.05, 0.1) is 18.7 Å². The predicted molar refractivity (Wildman–Crippen MR) is 100 cm³/mol. The number of hydrogen-bond acceptors (Lipinski definition) is 3. The van der Waals surface area contributed by atoms with Gasteiger partial charge < -0.3 is 15.0 Å². The molecule has 138 valence electrons. The summed E-state index contributed by atoms with van der Waals surface area (Å²) in [5, 5.41) is 5.25. The first-order valence-electron chi connectivity index (χ1n) is 9.23. The maximum absolute atomic E-state index is 13.8. The molecule has 0 spiro atoms. The molecule has 1 aromatic heterocycles. The fraction of sp³-hybridized carbons (Fsp3) is 0.450. The lowest BCUT2D eigenvalue weighted by Crippen LogP contribution is -2.46. The van der Waals surface area contributed by atoms with Crippen LogP contribution in [0.2, 0.25) is 0 Å². The van der Waals surface area contributed by atoms with E-state index in [-0.39, 0.29) is 23.9 Å². The van der Waals surface area contributed by atoms with Gasteiger partial charge in [0.2, 0.25) is 0 Å². The lowest BCUT2D eigenvalue weighted by molar-refractivity contribution is 0.163. The van der Waals surface area contributed by atoms with Crippen LogP contribution in [0.4, 0.5) is 9.18 Å². The van der Waals surface area contributed by atoms with Crippen molar-refractivity contribution >= 4 is 17.4 Å². The highest BCUT2D eigenvalue weighted by atomic mass is 32.1. The minimum atomic E-state index is -0.305. The highest BCUT2D eigenvalue weighted by Crippen LogP contribution is 2.36. The molecule has 2 atom stereocenters.